The number of aliphatic hydroxyl groups excluding tert-OH is 1. The van der Waals surface area contributed by atoms with Crippen molar-refractivity contribution < 1.29 is 9.63 Å². The highest BCUT2D eigenvalue weighted by molar-refractivity contribution is 5.83. The van der Waals surface area contributed by atoms with Crippen molar-refractivity contribution in [1.29, 1.82) is 0 Å². The third kappa shape index (κ3) is 3.05. The van der Waals surface area contributed by atoms with E-state index >= 15 is 0 Å². The van der Waals surface area contributed by atoms with E-state index in [0.29, 0.717) is 24.8 Å². The fourth-order valence-corrected chi connectivity index (χ4v) is 3.56. The number of β-amino-alcohol motifs (C(OH)–C–C–N with tert-alkyl or cyclic N) is 1. The molecule has 3 aromatic rings. The molecular weight excluding hydrogens is 302 g/mol. The summed E-state index contributed by atoms with van der Waals surface area (Å²) in [4.78, 5) is 6.42. The summed E-state index contributed by atoms with van der Waals surface area (Å²) in [6, 6.07) is 14.8. The van der Waals surface area contributed by atoms with Crippen LogP contribution in [-0.4, -0.2) is 39.3 Å². The third-order valence-corrected chi connectivity index (χ3v) is 4.80. The largest absolute Gasteiger partial charge is 0.391 e. The first-order valence-corrected chi connectivity index (χ1v) is 8.37. The number of rotatable bonds is 3. The first-order valence-electron chi connectivity index (χ1n) is 8.37. The Kier molecular flexibility index (Phi) is 4.04. The number of hydrogen-bond donors (Lipinski definition) is 1. The van der Waals surface area contributed by atoms with Gasteiger partial charge in [-0.25, -0.2) is 0 Å². The van der Waals surface area contributed by atoms with Gasteiger partial charge in [-0.3, -0.25) is 4.90 Å². The van der Waals surface area contributed by atoms with Crippen LogP contribution in [0.2, 0.25) is 0 Å². The van der Waals surface area contributed by atoms with Crippen molar-refractivity contribution in [3.05, 3.63) is 59.7 Å². The molecule has 5 heteroatoms. The quantitative estimate of drug-likeness (QED) is 0.803. The zero-order valence-electron chi connectivity index (χ0n) is 13.7. The monoisotopic (exact) mass is 323 g/mol. The molecule has 4 rings (SSSR count). The lowest BCUT2D eigenvalue weighted by Gasteiger charge is -2.35. The maximum Gasteiger partial charge on any atom is 0.240 e. The minimum Gasteiger partial charge on any atom is -0.391 e. The molecule has 0 saturated carbocycles. The number of nitrogens with zero attached hydrogens (tertiary/aromatic N) is 3. The van der Waals surface area contributed by atoms with Crippen LogP contribution in [0.4, 0.5) is 0 Å². The summed E-state index contributed by atoms with van der Waals surface area (Å²) in [5.74, 6) is 1.44. The lowest BCUT2D eigenvalue weighted by molar-refractivity contribution is 0.0430. The van der Waals surface area contributed by atoms with E-state index in [1.807, 2.05) is 6.92 Å². The van der Waals surface area contributed by atoms with Gasteiger partial charge in [0.15, 0.2) is 5.82 Å². The molecule has 5 nitrogen and oxygen atoms in total. The molecule has 0 bridgehead atoms. The van der Waals surface area contributed by atoms with E-state index in [2.05, 4.69) is 57.5 Å². The molecular formula is C19H21N3O2. The summed E-state index contributed by atoms with van der Waals surface area (Å²) in [6.45, 7) is 3.95. The van der Waals surface area contributed by atoms with Crippen LogP contribution >= 0.6 is 0 Å². The first-order chi connectivity index (χ1) is 11.7. The predicted octanol–water partition coefficient (Wildman–Crippen LogP) is 2.88. The van der Waals surface area contributed by atoms with Crippen LogP contribution in [0.1, 0.15) is 29.6 Å². The molecule has 0 unspecified atom stereocenters. The fraction of sp³-hybridized carbons (Fsp3) is 0.368. The van der Waals surface area contributed by atoms with Gasteiger partial charge >= 0.3 is 0 Å². The standard InChI is InChI=1S/C19H21N3O2/c1-13-20-19(24-21-13)12-22-9-8-17(18(23)11-22)16-7-6-14-4-2-3-5-15(14)10-16/h2-7,10,17-18,23H,8-9,11-12H2,1H3/t17-,18+/m0/s1. The summed E-state index contributed by atoms with van der Waals surface area (Å²) < 4.78 is 5.18. The first kappa shape index (κ1) is 15.3. The smallest absolute Gasteiger partial charge is 0.240 e. The molecule has 1 fully saturated rings. The molecule has 2 atom stereocenters. The number of aliphatic hydroxyl groups is 1. The molecule has 1 N–H and O–H groups in total. The Morgan fingerprint density at radius 3 is 2.79 bits per heavy atom. The van der Waals surface area contributed by atoms with E-state index in [1.54, 1.807) is 0 Å². The Morgan fingerprint density at radius 2 is 2.04 bits per heavy atom. The van der Waals surface area contributed by atoms with Gasteiger partial charge in [-0.1, -0.05) is 47.6 Å². The Morgan fingerprint density at radius 1 is 1.21 bits per heavy atom. The molecule has 1 aliphatic heterocycles. The summed E-state index contributed by atoms with van der Waals surface area (Å²) in [5.41, 5.74) is 1.22. The maximum atomic E-state index is 10.6. The number of aromatic nitrogens is 2. The highest BCUT2D eigenvalue weighted by Gasteiger charge is 2.29. The highest BCUT2D eigenvalue weighted by Crippen LogP contribution is 2.31. The van der Waals surface area contributed by atoms with Gasteiger partial charge in [0.05, 0.1) is 12.6 Å². The highest BCUT2D eigenvalue weighted by atomic mass is 16.5. The van der Waals surface area contributed by atoms with Gasteiger partial charge in [0.25, 0.3) is 0 Å². The second-order valence-corrected chi connectivity index (χ2v) is 6.54. The number of aryl methyl sites for hydroxylation is 1. The number of benzene rings is 2. The molecule has 0 radical (unpaired) electrons. The van der Waals surface area contributed by atoms with Crippen molar-refractivity contribution in [3.63, 3.8) is 0 Å². The molecule has 2 aromatic carbocycles. The molecule has 0 amide bonds. The van der Waals surface area contributed by atoms with E-state index in [1.165, 1.54) is 16.3 Å². The van der Waals surface area contributed by atoms with Crippen molar-refractivity contribution in [3.8, 4) is 0 Å². The Hall–Kier alpha value is -2.24. The van der Waals surface area contributed by atoms with Gasteiger partial charge in [0, 0.05) is 12.5 Å². The summed E-state index contributed by atoms with van der Waals surface area (Å²) in [7, 11) is 0. The van der Waals surface area contributed by atoms with Crippen LogP contribution in [0.25, 0.3) is 10.8 Å². The SMILES string of the molecule is Cc1noc(CN2CC[C@@H](c3ccc4ccccc4c3)[C@H](O)C2)n1. The minimum atomic E-state index is -0.385. The van der Waals surface area contributed by atoms with E-state index in [4.69, 9.17) is 4.52 Å². The van der Waals surface area contributed by atoms with Crippen molar-refractivity contribution in [2.75, 3.05) is 13.1 Å². The van der Waals surface area contributed by atoms with Crippen molar-refractivity contribution >= 4 is 10.8 Å². The normalized spacial score (nSPS) is 22.1. The Bertz CT molecular complexity index is 845. The molecule has 24 heavy (non-hydrogen) atoms. The van der Waals surface area contributed by atoms with Crippen molar-refractivity contribution in [1.82, 2.24) is 15.0 Å². The third-order valence-electron chi connectivity index (χ3n) is 4.80. The topological polar surface area (TPSA) is 62.4 Å². The second kappa shape index (κ2) is 6.34. The molecule has 1 aromatic heterocycles. The van der Waals surface area contributed by atoms with Gasteiger partial charge in [0.1, 0.15) is 0 Å². The van der Waals surface area contributed by atoms with Crippen LogP contribution in [0, 0.1) is 6.92 Å². The Labute approximate surface area is 140 Å². The molecule has 0 aliphatic carbocycles. The average Bonchev–Trinajstić information content (AvgIpc) is 2.99. The number of fused-ring (bicyclic) bond motifs is 1. The van der Waals surface area contributed by atoms with Crippen LogP contribution in [-0.2, 0) is 6.54 Å². The predicted molar refractivity (Wildman–Crippen MR) is 91.6 cm³/mol. The number of likely N-dealkylation sites (tertiary alicyclic amines) is 1. The van der Waals surface area contributed by atoms with Gasteiger partial charge < -0.3 is 9.63 Å². The molecule has 2 heterocycles. The van der Waals surface area contributed by atoms with Crippen LogP contribution < -0.4 is 0 Å². The van der Waals surface area contributed by atoms with Crippen LogP contribution in [0.15, 0.2) is 47.0 Å². The maximum absolute atomic E-state index is 10.6. The van der Waals surface area contributed by atoms with E-state index in [-0.39, 0.29) is 12.0 Å². The van der Waals surface area contributed by atoms with Gasteiger partial charge in [-0.2, -0.15) is 4.98 Å². The number of hydrogen-bond acceptors (Lipinski definition) is 5. The zero-order valence-corrected chi connectivity index (χ0v) is 13.7. The Balaban J connectivity index is 1.47. The number of piperidine rings is 1. The van der Waals surface area contributed by atoms with Gasteiger partial charge in [-0.15, -0.1) is 0 Å². The summed E-state index contributed by atoms with van der Waals surface area (Å²) in [6.07, 6.45) is 0.538. The van der Waals surface area contributed by atoms with E-state index in [0.717, 1.165) is 13.0 Å². The molecule has 0 spiro atoms. The lowest BCUT2D eigenvalue weighted by atomic mass is 9.86. The molecule has 1 aliphatic rings. The van der Waals surface area contributed by atoms with Crippen LogP contribution in [0.5, 0.6) is 0 Å². The second-order valence-electron chi connectivity index (χ2n) is 6.54. The summed E-state index contributed by atoms with van der Waals surface area (Å²) in [5, 5.41) is 16.9. The fourth-order valence-electron chi connectivity index (χ4n) is 3.56. The van der Waals surface area contributed by atoms with Crippen molar-refractivity contribution in [2.24, 2.45) is 0 Å². The van der Waals surface area contributed by atoms with Gasteiger partial charge in [-0.05, 0) is 36.2 Å². The molecule has 124 valence electrons. The van der Waals surface area contributed by atoms with E-state index in [9.17, 15) is 5.11 Å². The average molecular weight is 323 g/mol. The zero-order chi connectivity index (χ0) is 16.5. The summed E-state index contributed by atoms with van der Waals surface area (Å²) >= 11 is 0. The van der Waals surface area contributed by atoms with Crippen molar-refractivity contribution in [2.45, 2.75) is 31.9 Å². The van der Waals surface area contributed by atoms with Gasteiger partial charge in [0.2, 0.25) is 5.89 Å². The minimum absolute atomic E-state index is 0.176. The lowest BCUT2D eigenvalue weighted by Crippen LogP contribution is -2.42. The van der Waals surface area contributed by atoms with E-state index < -0.39 is 0 Å². The molecule has 1 saturated heterocycles. The van der Waals surface area contributed by atoms with Crippen LogP contribution in [0.3, 0.4) is 0 Å².